The van der Waals surface area contributed by atoms with Crippen LogP contribution in [0.1, 0.15) is 23.4 Å². The highest BCUT2D eigenvalue weighted by Crippen LogP contribution is 2.26. The molecule has 0 unspecified atom stereocenters. The molecular formula is C8H7F2N3O. The van der Waals surface area contributed by atoms with E-state index in [2.05, 4.69) is 4.98 Å². The van der Waals surface area contributed by atoms with Crippen LogP contribution in [0.2, 0.25) is 0 Å². The van der Waals surface area contributed by atoms with Crippen molar-refractivity contribution in [2.75, 3.05) is 5.73 Å². The molecule has 0 radical (unpaired) electrons. The van der Waals surface area contributed by atoms with E-state index in [4.69, 9.17) is 16.1 Å². The fraction of sp³-hybridized carbons (Fsp3) is 0.250. The molecule has 0 saturated heterocycles. The van der Waals surface area contributed by atoms with Gasteiger partial charge in [0, 0.05) is 5.56 Å². The molecule has 1 aromatic heterocycles. The van der Waals surface area contributed by atoms with Crippen molar-refractivity contribution in [1.29, 1.82) is 5.26 Å². The largest absolute Gasteiger partial charge is 0.397 e. The average Bonchev–Trinajstić information content (AvgIpc) is 2.17. The summed E-state index contributed by atoms with van der Waals surface area (Å²) in [4.78, 5) is 3.35. The van der Waals surface area contributed by atoms with E-state index in [1.165, 1.54) is 6.07 Å². The molecule has 74 valence electrons. The molecule has 3 N–H and O–H groups in total. The molecule has 0 atom stereocenters. The molecular weight excluding hydrogens is 192 g/mol. The van der Waals surface area contributed by atoms with Crippen molar-refractivity contribution in [3.63, 3.8) is 0 Å². The summed E-state index contributed by atoms with van der Waals surface area (Å²) in [5, 5.41) is 17.3. The van der Waals surface area contributed by atoms with Crippen LogP contribution in [0.15, 0.2) is 6.07 Å². The molecule has 0 bridgehead atoms. The first-order chi connectivity index (χ1) is 6.60. The molecule has 0 saturated carbocycles. The Balaban J connectivity index is 3.36. The predicted molar refractivity (Wildman–Crippen MR) is 44.2 cm³/mol. The monoisotopic (exact) mass is 199 g/mol. The number of aromatic nitrogens is 1. The van der Waals surface area contributed by atoms with Crippen molar-refractivity contribution in [3.05, 3.63) is 23.0 Å². The zero-order valence-corrected chi connectivity index (χ0v) is 7.04. The summed E-state index contributed by atoms with van der Waals surface area (Å²) >= 11 is 0. The zero-order valence-electron chi connectivity index (χ0n) is 7.04. The first kappa shape index (κ1) is 10.3. The maximum absolute atomic E-state index is 12.3. The van der Waals surface area contributed by atoms with E-state index in [1.54, 1.807) is 6.07 Å². The third kappa shape index (κ3) is 1.78. The number of nitrogens with two attached hydrogens (primary N) is 1. The third-order valence-corrected chi connectivity index (χ3v) is 1.67. The highest BCUT2D eigenvalue weighted by atomic mass is 19.3. The molecule has 0 aliphatic rings. The van der Waals surface area contributed by atoms with E-state index in [9.17, 15) is 8.78 Å². The molecule has 1 heterocycles. The maximum atomic E-state index is 12.3. The first-order valence-electron chi connectivity index (χ1n) is 3.68. The molecule has 0 spiro atoms. The second kappa shape index (κ2) is 3.98. The van der Waals surface area contributed by atoms with Gasteiger partial charge in [-0.15, -0.1) is 0 Å². The van der Waals surface area contributed by atoms with Crippen LogP contribution in [-0.2, 0) is 6.61 Å². The number of anilines is 1. The summed E-state index contributed by atoms with van der Waals surface area (Å²) in [6, 6.07) is 2.79. The van der Waals surface area contributed by atoms with Gasteiger partial charge in [-0.05, 0) is 6.07 Å². The number of halogens is 2. The smallest absolute Gasteiger partial charge is 0.282 e. The van der Waals surface area contributed by atoms with E-state index < -0.39 is 18.7 Å². The van der Waals surface area contributed by atoms with Gasteiger partial charge in [0.1, 0.15) is 17.5 Å². The number of rotatable bonds is 2. The fourth-order valence-corrected chi connectivity index (χ4v) is 0.984. The second-order valence-corrected chi connectivity index (χ2v) is 2.54. The Morgan fingerprint density at radius 2 is 2.29 bits per heavy atom. The van der Waals surface area contributed by atoms with Gasteiger partial charge in [-0.25, -0.2) is 13.8 Å². The van der Waals surface area contributed by atoms with Gasteiger partial charge < -0.3 is 10.8 Å². The molecule has 0 fully saturated rings. The van der Waals surface area contributed by atoms with Crippen LogP contribution >= 0.6 is 0 Å². The Hall–Kier alpha value is -1.74. The SMILES string of the molecule is N#Cc1cc(CO)c(N)c(C(F)F)n1. The topological polar surface area (TPSA) is 82.9 Å². The van der Waals surface area contributed by atoms with E-state index in [0.717, 1.165) is 0 Å². The van der Waals surface area contributed by atoms with Crippen LogP contribution < -0.4 is 5.73 Å². The Kier molecular flexibility index (Phi) is 2.94. The Morgan fingerprint density at radius 1 is 1.64 bits per heavy atom. The number of nitrogens with zero attached hydrogens (tertiary/aromatic N) is 2. The molecule has 1 aromatic rings. The van der Waals surface area contributed by atoms with Gasteiger partial charge in [0.15, 0.2) is 0 Å². The molecule has 0 amide bonds. The van der Waals surface area contributed by atoms with Crippen molar-refractivity contribution in [1.82, 2.24) is 4.98 Å². The average molecular weight is 199 g/mol. The lowest BCUT2D eigenvalue weighted by atomic mass is 10.1. The quantitative estimate of drug-likeness (QED) is 0.743. The van der Waals surface area contributed by atoms with Crippen LogP contribution in [0.4, 0.5) is 14.5 Å². The van der Waals surface area contributed by atoms with E-state index in [0.29, 0.717) is 0 Å². The van der Waals surface area contributed by atoms with Gasteiger partial charge in [0.05, 0.1) is 12.3 Å². The van der Waals surface area contributed by atoms with Gasteiger partial charge in [-0.1, -0.05) is 0 Å². The number of nitrogen functional groups attached to an aromatic ring is 1. The first-order valence-corrected chi connectivity index (χ1v) is 3.68. The number of alkyl halides is 2. The number of aliphatic hydroxyl groups is 1. The van der Waals surface area contributed by atoms with Crippen LogP contribution in [-0.4, -0.2) is 10.1 Å². The molecule has 0 aliphatic carbocycles. The third-order valence-electron chi connectivity index (χ3n) is 1.67. The van der Waals surface area contributed by atoms with Crippen molar-refractivity contribution >= 4 is 5.69 Å². The second-order valence-electron chi connectivity index (χ2n) is 2.54. The molecule has 14 heavy (non-hydrogen) atoms. The maximum Gasteiger partial charge on any atom is 0.282 e. The van der Waals surface area contributed by atoms with Crippen molar-refractivity contribution in [2.45, 2.75) is 13.0 Å². The summed E-state index contributed by atoms with van der Waals surface area (Å²) in [6.07, 6.45) is -2.85. The lowest BCUT2D eigenvalue weighted by Gasteiger charge is -2.07. The summed E-state index contributed by atoms with van der Waals surface area (Å²) in [5.74, 6) is 0. The van der Waals surface area contributed by atoms with Gasteiger partial charge in [-0.2, -0.15) is 5.26 Å². The predicted octanol–water partition coefficient (Wildman–Crippen LogP) is 0.965. The van der Waals surface area contributed by atoms with Gasteiger partial charge in [-0.3, -0.25) is 0 Å². The summed E-state index contributed by atoms with van der Waals surface area (Å²) in [5.41, 5.74) is 4.29. The minimum absolute atomic E-state index is 0.0897. The van der Waals surface area contributed by atoms with Crippen LogP contribution in [0, 0.1) is 11.3 Å². The molecule has 4 nitrogen and oxygen atoms in total. The normalized spacial score (nSPS) is 10.2. The molecule has 0 aromatic carbocycles. The Morgan fingerprint density at radius 3 is 2.71 bits per heavy atom. The molecule has 1 rings (SSSR count). The summed E-state index contributed by atoms with van der Waals surface area (Å²) in [6.45, 7) is -0.497. The molecule has 0 aliphatic heterocycles. The van der Waals surface area contributed by atoms with Gasteiger partial charge in [0.2, 0.25) is 0 Å². The molecule has 6 heteroatoms. The number of nitriles is 1. The van der Waals surface area contributed by atoms with Gasteiger partial charge >= 0.3 is 0 Å². The number of pyridine rings is 1. The Labute approximate surface area is 78.6 Å². The van der Waals surface area contributed by atoms with Crippen LogP contribution in [0.3, 0.4) is 0 Å². The lowest BCUT2D eigenvalue weighted by molar-refractivity contribution is 0.146. The summed E-state index contributed by atoms with van der Waals surface area (Å²) in [7, 11) is 0. The number of aliphatic hydroxyl groups excluding tert-OH is 1. The highest BCUT2D eigenvalue weighted by molar-refractivity contribution is 5.53. The van der Waals surface area contributed by atoms with E-state index in [-0.39, 0.29) is 16.9 Å². The highest BCUT2D eigenvalue weighted by Gasteiger charge is 2.17. The van der Waals surface area contributed by atoms with Gasteiger partial charge in [0.25, 0.3) is 6.43 Å². The number of hydrogen-bond donors (Lipinski definition) is 2. The van der Waals surface area contributed by atoms with Crippen molar-refractivity contribution in [2.24, 2.45) is 0 Å². The van der Waals surface area contributed by atoms with Crippen molar-refractivity contribution < 1.29 is 13.9 Å². The number of hydrogen-bond acceptors (Lipinski definition) is 4. The standard InChI is InChI=1S/C8H7F2N3O/c9-8(10)7-6(12)4(3-14)1-5(2-11)13-7/h1,8,14H,3,12H2. The minimum atomic E-state index is -2.85. The Bertz CT molecular complexity index is 387. The van der Waals surface area contributed by atoms with E-state index >= 15 is 0 Å². The van der Waals surface area contributed by atoms with Crippen LogP contribution in [0.5, 0.6) is 0 Å². The minimum Gasteiger partial charge on any atom is -0.397 e. The summed E-state index contributed by atoms with van der Waals surface area (Å²) < 4.78 is 24.7. The van der Waals surface area contributed by atoms with Crippen LogP contribution in [0.25, 0.3) is 0 Å². The zero-order chi connectivity index (χ0) is 10.7. The van der Waals surface area contributed by atoms with Crippen molar-refractivity contribution in [3.8, 4) is 6.07 Å². The van der Waals surface area contributed by atoms with E-state index in [1.807, 2.05) is 0 Å². The fourth-order valence-electron chi connectivity index (χ4n) is 0.984. The lowest BCUT2D eigenvalue weighted by Crippen LogP contribution is -2.05.